The Morgan fingerprint density at radius 3 is 2.57 bits per heavy atom. The van der Waals surface area contributed by atoms with E-state index in [9.17, 15) is 0 Å². The van der Waals surface area contributed by atoms with Crippen LogP contribution < -0.4 is 5.73 Å². The average Bonchev–Trinajstić information content (AvgIpc) is 2.77. The molecule has 14 heavy (non-hydrogen) atoms. The zero-order valence-corrected chi connectivity index (χ0v) is 9.41. The lowest BCUT2D eigenvalue weighted by Crippen LogP contribution is -2.35. The molecule has 1 aliphatic carbocycles. The van der Waals surface area contributed by atoms with Crippen LogP contribution in [0.1, 0.15) is 39.0 Å². The van der Waals surface area contributed by atoms with Gasteiger partial charge in [-0.3, -0.25) is 0 Å². The van der Waals surface area contributed by atoms with E-state index < -0.39 is 0 Å². The third kappa shape index (κ3) is 2.12. The van der Waals surface area contributed by atoms with E-state index >= 15 is 0 Å². The summed E-state index contributed by atoms with van der Waals surface area (Å²) in [5.74, 6) is 1.73. The molecule has 2 heteroatoms. The lowest BCUT2D eigenvalue weighted by atomic mass is 9.95. The van der Waals surface area contributed by atoms with Gasteiger partial charge in [0.25, 0.3) is 0 Å². The van der Waals surface area contributed by atoms with Crippen LogP contribution in [0.25, 0.3) is 0 Å². The van der Waals surface area contributed by atoms with E-state index in [1.807, 2.05) is 0 Å². The van der Waals surface area contributed by atoms with Gasteiger partial charge in [0.15, 0.2) is 0 Å². The summed E-state index contributed by atoms with van der Waals surface area (Å²) in [4.78, 5) is 2.68. The van der Waals surface area contributed by atoms with Crippen molar-refractivity contribution < 1.29 is 0 Å². The van der Waals surface area contributed by atoms with E-state index in [4.69, 9.17) is 5.73 Å². The van der Waals surface area contributed by atoms with Crippen molar-refractivity contribution in [2.45, 2.75) is 45.1 Å². The predicted octanol–water partition coefficient (Wildman–Crippen LogP) is 1.85. The zero-order valence-electron chi connectivity index (χ0n) is 9.41. The molecule has 2 aliphatic rings. The van der Waals surface area contributed by atoms with Crippen LogP contribution in [-0.2, 0) is 0 Å². The number of rotatable bonds is 3. The van der Waals surface area contributed by atoms with Gasteiger partial charge in [-0.2, -0.15) is 0 Å². The molecule has 1 aliphatic heterocycles. The minimum atomic E-state index is 0.822. The lowest BCUT2D eigenvalue weighted by Gasteiger charge is -2.27. The maximum atomic E-state index is 5.81. The molecule has 0 aromatic carbocycles. The Hall–Kier alpha value is -0.0800. The fourth-order valence-electron chi connectivity index (χ4n) is 3.23. The summed E-state index contributed by atoms with van der Waals surface area (Å²) in [5, 5.41) is 0. The molecule has 2 N–H and O–H groups in total. The van der Waals surface area contributed by atoms with Gasteiger partial charge in [0.1, 0.15) is 0 Å². The van der Waals surface area contributed by atoms with Crippen molar-refractivity contribution in [3.63, 3.8) is 0 Å². The monoisotopic (exact) mass is 196 g/mol. The molecule has 0 radical (unpaired) electrons. The fourth-order valence-corrected chi connectivity index (χ4v) is 3.23. The van der Waals surface area contributed by atoms with Crippen molar-refractivity contribution in [2.75, 3.05) is 19.6 Å². The largest absolute Gasteiger partial charge is 0.330 e. The highest BCUT2D eigenvalue weighted by atomic mass is 15.2. The second kappa shape index (κ2) is 4.63. The van der Waals surface area contributed by atoms with Gasteiger partial charge in [-0.15, -0.1) is 0 Å². The standard InChI is InChI=1S/C12H24N2/c1-10-4-3-7-14(10)9-12-6-2-5-11(12)8-13/h10-12H,2-9,13H2,1H3. The number of likely N-dealkylation sites (tertiary alicyclic amines) is 1. The Labute approximate surface area is 87.8 Å². The van der Waals surface area contributed by atoms with E-state index in [1.54, 1.807) is 0 Å². The quantitative estimate of drug-likeness (QED) is 0.746. The first-order chi connectivity index (χ1) is 6.81. The summed E-state index contributed by atoms with van der Waals surface area (Å²) in [5.41, 5.74) is 5.81. The predicted molar refractivity (Wildman–Crippen MR) is 60.2 cm³/mol. The molecule has 2 rings (SSSR count). The van der Waals surface area contributed by atoms with Gasteiger partial charge in [-0.05, 0) is 57.5 Å². The Balaban J connectivity index is 1.83. The summed E-state index contributed by atoms with van der Waals surface area (Å²) in [6.07, 6.45) is 7.02. The SMILES string of the molecule is CC1CCCN1CC1CCCC1CN. The van der Waals surface area contributed by atoms with Crippen molar-refractivity contribution in [3.8, 4) is 0 Å². The van der Waals surface area contributed by atoms with E-state index in [0.717, 1.165) is 24.4 Å². The molecule has 1 heterocycles. The van der Waals surface area contributed by atoms with E-state index in [1.165, 1.54) is 45.2 Å². The van der Waals surface area contributed by atoms with Gasteiger partial charge in [0, 0.05) is 12.6 Å². The van der Waals surface area contributed by atoms with Crippen molar-refractivity contribution >= 4 is 0 Å². The molecular weight excluding hydrogens is 172 g/mol. The van der Waals surface area contributed by atoms with Crippen LogP contribution in [0.2, 0.25) is 0 Å². The van der Waals surface area contributed by atoms with Crippen LogP contribution in [0.4, 0.5) is 0 Å². The highest BCUT2D eigenvalue weighted by Gasteiger charge is 2.30. The first kappa shape index (κ1) is 10.4. The summed E-state index contributed by atoms with van der Waals surface area (Å²) in [6, 6.07) is 0.828. The third-order valence-electron chi connectivity index (χ3n) is 4.28. The van der Waals surface area contributed by atoms with Crippen LogP contribution in [-0.4, -0.2) is 30.6 Å². The molecule has 3 atom stereocenters. The first-order valence-electron chi connectivity index (χ1n) is 6.25. The molecule has 0 spiro atoms. The van der Waals surface area contributed by atoms with Crippen LogP contribution in [0.5, 0.6) is 0 Å². The van der Waals surface area contributed by atoms with E-state index in [-0.39, 0.29) is 0 Å². The molecule has 1 saturated heterocycles. The number of nitrogens with zero attached hydrogens (tertiary/aromatic N) is 1. The van der Waals surface area contributed by atoms with Gasteiger partial charge in [-0.25, -0.2) is 0 Å². The van der Waals surface area contributed by atoms with Crippen molar-refractivity contribution in [2.24, 2.45) is 17.6 Å². The van der Waals surface area contributed by atoms with Gasteiger partial charge in [0.05, 0.1) is 0 Å². The molecule has 0 aromatic heterocycles. The average molecular weight is 196 g/mol. The molecule has 82 valence electrons. The minimum Gasteiger partial charge on any atom is -0.330 e. The maximum Gasteiger partial charge on any atom is 0.00675 e. The molecule has 2 nitrogen and oxygen atoms in total. The molecule has 1 saturated carbocycles. The summed E-state index contributed by atoms with van der Waals surface area (Å²) < 4.78 is 0. The number of hydrogen-bond donors (Lipinski definition) is 1. The van der Waals surface area contributed by atoms with Crippen molar-refractivity contribution in [3.05, 3.63) is 0 Å². The van der Waals surface area contributed by atoms with Gasteiger partial charge >= 0.3 is 0 Å². The zero-order chi connectivity index (χ0) is 9.97. The summed E-state index contributed by atoms with van der Waals surface area (Å²) >= 11 is 0. The summed E-state index contributed by atoms with van der Waals surface area (Å²) in [7, 11) is 0. The Morgan fingerprint density at radius 2 is 1.93 bits per heavy atom. The second-order valence-corrected chi connectivity index (χ2v) is 5.17. The third-order valence-corrected chi connectivity index (χ3v) is 4.28. The van der Waals surface area contributed by atoms with Crippen molar-refractivity contribution in [1.82, 2.24) is 4.90 Å². The van der Waals surface area contributed by atoms with Crippen LogP contribution in [0.3, 0.4) is 0 Å². The maximum absolute atomic E-state index is 5.81. The lowest BCUT2D eigenvalue weighted by molar-refractivity contribution is 0.202. The Kier molecular flexibility index (Phi) is 3.45. The number of nitrogens with two attached hydrogens (primary N) is 1. The minimum absolute atomic E-state index is 0.822. The van der Waals surface area contributed by atoms with Gasteiger partial charge < -0.3 is 10.6 Å². The van der Waals surface area contributed by atoms with E-state index in [2.05, 4.69) is 11.8 Å². The number of hydrogen-bond acceptors (Lipinski definition) is 2. The molecule has 2 fully saturated rings. The van der Waals surface area contributed by atoms with Crippen LogP contribution in [0, 0.1) is 11.8 Å². The van der Waals surface area contributed by atoms with Crippen LogP contribution in [0.15, 0.2) is 0 Å². The Bertz CT molecular complexity index is 181. The van der Waals surface area contributed by atoms with E-state index in [0.29, 0.717) is 0 Å². The molecular formula is C12H24N2. The van der Waals surface area contributed by atoms with Gasteiger partial charge in [0.2, 0.25) is 0 Å². The van der Waals surface area contributed by atoms with Crippen molar-refractivity contribution in [1.29, 1.82) is 0 Å². The highest BCUT2D eigenvalue weighted by Crippen LogP contribution is 2.33. The summed E-state index contributed by atoms with van der Waals surface area (Å²) in [6.45, 7) is 5.93. The first-order valence-corrected chi connectivity index (χ1v) is 6.25. The van der Waals surface area contributed by atoms with Gasteiger partial charge in [-0.1, -0.05) is 6.42 Å². The van der Waals surface area contributed by atoms with Crippen LogP contribution >= 0.6 is 0 Å². The topological polar surface area (TPSA) is 29.3 Å². The molecule has 3 unspecified atom stereocenters. The normalized spacial score (nSPS) is 39.4. The Morgan fingerprint density at radius 1 is 1.14 bits per heavy atom. The molecule has 0 aromatic rings. The molecule has 0 amide bonds. The molecule has 0 bridgehead atoms. The second-order valence-electron chi connectivity index (χ2n) is 5.17. The fraction of sp³-hybridized carbons (Fsp3) is 1.00. The highest BCUT2D eigenvalue weighted by molar-refractivity contribution is 4.84. The smallest absolute Gasteiger partial charge is 0.00675 e.